The van der Waals surface area contributed by atoms with Crippen molar-refractivity contribution < 1.29 is 0 Å². The molecule has 0 amide bonds. The maximum atomic E-state index is 3.70. The summed E-state index contributed by atoms with van der Waals surface area (Å²) in [5.41, 5.74) is 1.77. The van der Waals surface area contributed by atoms with E-state index in [9.17, 15) is 0 Å². The average molecular weight is 280 g/mol. The number of aryl methyl sites for hydroxylation is 2. The van der Waals surface area contributed by atoms with E-state index in [0.717, 1.165) is 19.6 Å². The molecule has 2 nitrogen and oxygen atoms in total. The van der Waals surface area contributed by atoms with Crippen LogP contribution in [0.2, 0.25) is 0 Å². The Morgan fingerprint density at radius 2 is 2.05 bits per heavy atom. The fraction of sp³-hybridized carbons (Fsp3) is 0.750. The number of nitrogens with zero attached hydrogens (tertiary/aromatic N) is 1. The van der Waals surface area contributed by atoms with Crippen LogP contribution in [0.3, 0.4) is 0 Å². The minimum atomic E-state index is 0.333. The van der Waals surface area contributed by atoms with Gasteiger partial charge in [-0.25, -0.2) is 0 Å². The van der Waals surface area contributed by atoms with Gasteiger partial charge in [-0.1, -0.05) is 20.8 Å². The van der Waals surface area contributed by atoms with Gasteiger partial charge in [-0.05, 0) is 37.8 Å². The molecule has 1 aromatic rings. The maximum absolute atomic E-state index is 3.70. The number of thiophene rings is 1. The van der Waals surface area contributed by atoms with Crippen LogP contribution >= 0.6 is 11.3 Å². The molecule has 1 aliphatic heterocycles. The van der Waals surface area contributed by atoms with Crippen molar-refractivity contribution in [1.29, 1.82) is 0 Å². The van der Waals surface area contributed by atoms with E-state index in [-0.39, 0.29) is 0 Å². The summed E-state index contributed by atoms with van der Waals surface area (Å²) < 4.78 is 0. The van der Waals surface area contributed by atoms with Gasteiger partial charge in [0.15, 0.2) is 0 Å². The predicted molar refractivity (Wildman–Crippen MR) is 84.9 cm³/mol. The molecule has 1 saturated heterocycles. The highest BCUT2D eigenvalue weighted by molar-refractivity contribution is 7.12. The van der Waals surface area contributed by atoms with Crippen molar-refractivity contribution in [1.82, 2.24) is 10.2 Å². The second kappa shape index (κ2) is 5.55. The SMILES string of the molecule is Cc1cc(CN2CC(C(C)(C)C)NCC2C)sc1C. The van der Waals surface area contributed by atoms with E-state index in [1.165, 1.54) is 15.3 Å². The number of hydrogen-bond donors (Lipinski definition) is 1. The molecule has 1 aliphatic rings. The first-order chi connectivity index (χ1) is 8.77. The van der Waals surface area contributed by atoms with Crippen LogP contribution < -0.4 is 5.32 Å². The van der Waals surface area contributed by atoms with E-state index in [4.69, 9.17) is 0 Å². The standard InChI is InChI=1S/C16H28N2S/c1-11-7-14(19-13(11)3)9-18-10-15(16(4,5)6)17-8-12(18)2/h7,12,15,17H,8-10H2,1-6H3. The average Bonchev–Trinajstić information content (AvgIpc) is 2.59. The number of piperazine rings is 1. The van der Waals surface area contributed by atoms with E-state index in [2.05, 4.69) is 57.8 Å². The fourth-order valence-corrected chi connectivity index (χ4v) is 3.73. The number of nitrogens with one attached hydrogen (secondary N) is 1. The van der Waals surface area contributed by atoms with Crippen LogP contribution in [0.4, 0.5) is 0 Å². The lowest BCUT2D eigenvalue weighted by atomic mass is 9.85. The van der Waals surface area contributed by atoms with E-state index in [1.807, 2.05) is 11.3 Å². The van der Waals surface area contributed by atoms with E-state index >= 15 is 0 Å². The molecule has 1 fully saturated rings. The largest absolute Gasteiger partial charge is 0.311 e. The Morgan fingerprint density at radius 1 is 1.37 bits per heavy atom. The summed E-state index contributed by atoms with van der Waals surface area (Å²) in [6.07, 6.45) is 0. The Hall–Kier alpha value is -0.380. The van der Waals surface area contributed by atoms with Gasteiger partial charge in [-0.15, -0.1) is 11.3 Å². The number of hydrogen-bond acceptors (Lipinski definition) is 3. The lowest BCUT2D eigenvalue weighted by Gasteiger charge is -2.43. The van der Waals surface area contributed by atoms with Gasteiger partial charge in [0.25, 0.3) is 0 Å². The monoisotopic (exact) mass is 280 g/mol. The van der Waals surface area contributed by atoms with Crippen LogP contribution in [0.1, 0.15) is 43.0 Å². The van der Waals surface area contributed by atoms with Crippen LogP contribution in [-0.4, -0.2) is 30.1 Å². The van der Waals surface area contributed by atoms with Crippen LogP contribution in [0.15, 0.2) is 6.07 Å². The highest BCUT2D eigenvalue weighted by Crippen LogP contribution is 2.27. The Morgan fingerprint density at radius 3 is 2.58 bits per heavy atom. The van der Waals surface area contributed by atoms with Crippen LogP contribution in [-0.2, 0) is 6.54 Å². The van der Waals surface area contributed by atoms with E-state index < -0.39 is 0 Å². The maximum Gasteiger partial charge on any atom is 0.0332 e. The smallest absolute Gasteiger partial charge is 0.0332 e. The molecule has 1 aromatic heterocycles. The van der Waals surface area contributed by atoms with Gasteiger partial charge in [-0.3, -0.25) is 4.90 Å². The molecule has 2 unspecified atom stereocenters. The van der Waals surface area contributed by atoms with Crippen LogP contribution in [0.5, 0.6) is 0 Å². The van der Waals surface area contributed by atoms with Gasteiger partial charge in [-0.2, -0.15) is 0 Å². The third-order valence-corrected chi connectivity index (χ3v) is 5.46. The second-order valence-electron chi connectivity index (χ2n) is 7.06. The Labute approximate surface area is 122 Å². The molecule has 2 rings (SSSR count). The quantitative estimate of drug-likeness (QED) is 0.891. The van der Waals surface area contributed by atoms with Gasteiger partial charge >= 0.3 is 0 Å². The Kier molecular flexibility index (Phi) is 4.38. The van der Waals surface area contributed by atoms with Gasteiger partial charge in [0.1, 0.15) is 0 Å². The first kappa shape index (κ1) is 15.0. The summed E-state index contributed by atoms with van der Waals surface area (Å²) in [6.45, 7) is 17.1. The van der Waals surface area contributed by atoms with Crippen LogP contribution in [0.25, 0.3) is 0 Å². The predicted octanol–water partition coefficient (Wildman–Crippen LogP) is 3.57. The normalized spacial score (nSPS) is 25.8. The molecule has 0 saturated carbocycles. The third-order valence-electron chi connectivity index (χ3n) is 4.32. The summed E-state index contributed by atoms with van der Waals surface area (Å²) in [6, 6.07) is 3.58. The zero-order valence-electron chi connectivity index (χ0n) is 13.2. The first-order valence-corrected chi connectivity index (χ1v) is 8.12. The Bertz CT molecular complexity index is 411. The lowest BCUT2D eigenvalue weighted by Crippen LogP contribution is -2.59. The second-order valence-corrected chi connectivity index (χ2v) is 8.40. The summed E-state index contributed by atoms with van der Waals surface area (Å²) in [7, 11) is 0. The van der Waals surface area contributed by atoms with Crippen molar-refractivity contribution in [3.05, 3.63) is 21.4 Å². The summed E-state index contributed by atoms with van der Waals surface area (Å²) in [5, 5.41) is 3.70. The van der Waals surface area contributed by atoms with Crippen molar-refractivity contribution in [2.45, 2.75) is 60.2 Å². The molecule has 0 radical (unpaired) electrons. The van der Waals surface area contributed by atoms with Gasteiger partial charge < -0.3 is 5.32 Å². The van der Waals surface area contributed by atoms with E-state index in [1.54, 1.807) is 0 Å². The van der Waals surface area contributed by atoms with Crippen molar-refractivity contribution in [3.63, 3.8) is 0 Å². The Balaban J connectivity index is 2.05. The molecule has 3 heteroatoms. The molecule has 2 atom stereocenters. The van der Waals surface area contributed by atoms with Gasteiger partial charge in [0.05, 0.1) is 0 Å². The molecule has 0 aliphatic carbocycles. The van der Waals surface area contributed by atoms with E-state index in [0.29, 0.717) is 17.5 Å². The van der Waals surface area contributed by atoms with Crippen molar-refractivity contribution in [3.8, 4) is 0 Å². The molecule has 19 heavy (non-hydrogen) atoms. The molecule has 2 heterocycles. The topological polar surface area (TPSA) is 15.3 Å². The molecule has 108 valence electrons. The highest BCUT2D eigenvalue weighted by atomic mass is 32.1. The minimum Gasteiger partial charge on any atom is -0.311 e. The summed E-state index contributed by atoms with van der Waals surface area (Å²) in [5.74, 6) is 0. The molecule has 1 N–H and O–H groups in total. The van der Waals surface area contributed by atoms with Crippen molar-refractivity contribution in [2.24, 2.45) is 5.41 Å². The van der Waals surface area contributed by atoms with Crippen LogP contribution in [0, 0.1) is 19.3 Å². The van der Waals surface area contributed by atoms with Crippen molar-refractivity contribution in [2.75, 3.05) is 13.1 Å². The van der Waals surface area contributed by atoms with Crippen molar-refractivity contribution >= 4 is 11.3 Å². The summed E-state index contributed by atoms with van der Waals surface area (Å²) >= 11 is 1.96. The summed E-state index contributed by atoms with van der Waals surface area (Å²) in [4.78, 5) is 5.61. The molecular weight excluding hydrogens is 252 g/mol. The molecular formula is C16H28N2S. The molecule has 0 aromatic carbocycles. The zero-order valence-corrected chi connectivity index (χ0v) is 14.0. The molecule has 0 spiro atoms. The minimum absolute atomic E-state index is 0.333. The van der Waals surface area contributed by atoms with Gasteiger partial charge in [0.2, 0.25) is 0 Å². The van der Waals surface area contributed by atoms with Gasteiger partial charge in [0, 0.05) is 41.5 Å². The molecule has 0 bridgehead atoms. The fourth-order valence-electron chi connectivity index (χ4n) is 2.65. The zero-order chi connectivity index (χ0) is 14.2. The first-order valence-electron chi connectivity index (χ1n) is 7.30. The third kappa shape index (κ3) is 3.59. The lowest BCUT2D eigenvalue weighted by molar-refractivity contribution is 0.0886. The number of rotatable bonds is 2. The highest BCUT2D eigenvalue weighted by Gasteiger charge is 2.32.